The average Bonchev–Trinajstić information content (AvgIpc) is 3.12. The molecule has 0 aliphatic heterocycles. The SMILES string of the molecule is CCCCCCCCCCCCc1c(C)cccc1-c1ncco1. The maximum absolute atomic E-state index is 5.50. The van der Waals surface area contributed by atoms with Gasteiger partial charge in [0.2, 0.25) is 5.89 Å². The first kappa shape index (κ1) is 18.8. The van der Waals surface area contributed by atoms with Crippen LogP contribution in [0, 0.1) is 6.92 Å². The molecule has 0 fully saturated rings. The maximum Gasteiger partial charge on any atom is 0.226 e. The molecule has 0 unspecified atom stereocenters. The molecule has 0 saturated carbocycles. The van der Waals surface area contributed by atoms with Gasteiger partial charge in [0, 0.05) is 5.56 Å². The van der Waals surface area contributed by atoms with Gasteiger partial charge in [-0.3, -0.25) is 0 Å². The van der Waals surface area contributed by atoms with Crippen molar-refractivity contribution in [3.05, 3.63) is 41.8 Å². The Kier molecular flexibility index (Phi) is 8.65. The molecular formula is C22H33NO. The molecule has 0 aliphatic rings. The molecule has 0 atom stereocenters. The van der Waals surface area contributed by atoms with E-state index in [0.29, 0.717) is 0 Å². The minimum absolute atomic E-state index is 0.751. The Morgan fingerprint density at radius 1 is 0.875 bits per heavy atom. The Hall–Kier alpha value is -1.57. The van der Waals surface area contributed by atoms with E-state index in [2.05, 4.69) is 37.0 Å². The molecular weight excluding hydrogens is 294 g/mol. The minimum Gasteiger partial charge on any atom is -0.445 e. The van der Waals surface area contributed by atoms with E-state index in [-0.39, 0.29) is 0 Å². The van der Waals surface area contributed by atoms with E-state index >= 15 is 0 Å². The molecule has 0 bridgehead atoms. The third-order valence-corrected chi connectivity index (χ3v) is 4.85. The van der Waals surface area contributed by atoms with E-state index in [1.54, 1.807) is 12.5 Å². The van der Waals surface area contributed by atoms with Crippen LogP contribution < -0.4 is 0 Å². The fourth-order valence-electron chi connectivity index (χ4n) is 3.38. The van der Waals surface area contributed by atoms with Gasteiger partial charge in [-0.2, -0.15) is 0 Å². The summed E-state index contributed by atoms with van der Waals surface area (Å²) in [6, 6.07) is 6.42. The third kappa shape index (κ3) is 6.14. The van der Waals surface area contributed by atoms with Gasteiger partial charge in [-0.1, -0.05) is 76.8 Å². The molecule has 2 aromatic rings. The van der Waals surface area contributed by atoms with Crippen LogP contribution in [0.15, 0.2) is 35.1 Å². The lowest BCUT2D eigenvalue weighted by molar-refractivity contribution is 0.555. The van der Waals surface area contributed by atoms with Crippen molar-refractivity contribution in [1.82, 2.24) is 4.98 Å². The van der Waals surface area contributed by atoms with E-state index < -0.39 is 0 Å². The molecule has 0 amide bonds. The number of benzene rings is 1. The van der Waals surface area contributed by atoms with Crippen LogP contribution in [0.4, 0.5) is 0 Å². The van der Waals surface area contributed by atoms with Crippen molar-refractivity contribution in [2.24, 2.45) is 0 Å². The summed E-state index contributed by atoms with van der Waals surface area (Å²) in [5, 5.41) is 0. The third-order valence-electron chi connectivity index (χ3n) is 4.85. The molecule has 0 aliphatic carbocycles. The maximum atomic E-state index is 5.50. The summed E-state index contributed by atoms with van der Waals surface area (Å²) >= 11 is 0. The van der Waals surface area contributed by atoms with Gasteiger partial charge in [0.15, 0.2) is 0 Å². The van der Waals surface area contributed by atoms with E-state index in [4.69, 9.17) is 4.42 Å². The molecule has 0 saturated heterocycles. The number of nitrogens with zero attached hydrogens (tertiary/aromatic N) is 1. The van der Waals surface area contributed by atoms with Gasteiger partial charge < -0.3 is 4.42 Å². The predicted octanol–water partition coefficient (Wildman–Crippen LogP) is 7.11. The second-order valence-electron chi connectivity index (χ2n) is 6.87. The molecule has 0 spiro atoms. The zero-order chi connectivity index (χ0) is 17.0. The van der Waals surface area contributed by atoms with Crippen LogP contribution in [0.3, 0.4) is 0 Å². The molecule has 2 rings (SSSR count). The van der Waals surface area contributed by atoms with Crippen LogP contribution in [0.1, 0.15) is 82.3 Å². The van der Waals surface area contributed by atoms with E-state index in [9.17, 15) is 0 Å². The molecule has 24 heavy (non-hydrogen) atoms. The van der Waals surface area contributed by atoms with Crippen LogP contribution in [-0.2, 0) is 6.42 Å². The lowest BCUT2D eigenvalue weighted by Gasteiger charge is -2.10. The topological polar surface area (TPSA) is 26.0 Å². The molecule has 1 aromatic heterocycles. The molecule has 0 radical (unpaired) electrons. The van der Waals surface area contributed by atoms with Gasteiger partial charge in [-0.15, -0.1) is 0 Å². The fourth-order valence-corrected chi connectivity index (χ4v) is 3.38. The summed E-state index contributed by atoms with van der Waals surface area (Å²) in [4.78, 5) is 4.32. The summed E-state index contributed by atoms with van der Waals surface area (Å²) in [7, 11) is 0. The second-order valence-corrected chi connectivity index (χ2v) is 6.87. The molecule has 132 valence electrons. The van der Waals surface area contributed by atoms with Gasteiger partial charge >= 0.3 is 0 Å². The van der Waals surface area contributed by atoms with Gasteiger partial charge in [0.25, 0.3) is 0 Å². The predicted molar refractivity (Wildman–Crippen MR) is 102 cm³/mol. The Balaban J connectivity index is 1.68. The standard InChI is InChI=1S/C22H33NO/c1-3-4-5-6-7-8-9-10-11-12-15-20-19(2)14-13-16-21(20)22-23-17-18-24-22/h13-14,16-18H,3-12,15H2,1-2H3. The molecule has 1 aromatic carbocycles. The Morgan fingerprint density at radius 3 is 2.17 bits per heavy atom. The summed E-state index contributed by atoms with van der Waals surface area (Å²) < 4.78 is 5.50. The lowest BCUT2D eigenvalue weighted by atomic mass is 9.96. The smallest absolute Gasteiger partial charge is 0.226 e. The Labute approximate surface area is 147 Å². The first-order valence-electron chi connectivity index (χ1n) is 9.81. The largest absolute Gasteiger partial charge is 0.445 e. The van der Waals surface area contributed by atoms with Crippen LogP contribution in [-0.4, -0.2) is 4.98 Å². The number of aromatic nitrogens is 1. The molecule has 2 nitrogen and oxygen atoms in total. The Morgan fingerprint density at radius 2 is 1.54 bits per heavy atom. The highest BCUT2D eigenvalue weighted by atomic mass is 16.3. The van der Waals surface area contributed by atoms with Crippen LogP contribution >= 0.6 is 0 Å². The first-order chi connectivity index (χ1) is 11.8. The minimum atomic E-state index is 0.751. The first-order valence-corrected chi connectivity index (χ1v) is 9.81. The van der Waals surface area contributed by atoms with Crippen LogP contribution in [0.2, 0.25) is 0 Å². The summed E-state index contributed by atoms with van der Waals surface area (Å²) in [5.41, 5.74) is 3.91. The van der Waals surface area contributed by atoms with E-state index in [0.717, 1.165) is 17.9 Å². The van der Waals surface area contributed by atoms with Crippen molar-refractivity contribution in [3.63, 3.8) is 0 Å². The number of hydrogen-bond acceptors (Lipinski definition) is 2. The van der Waals surface area contributed by atoms with Crippen molar-refractivity contribution in [1.29, 1.82) is 0 Å². The Bertz CT molecular complexity index is 559. The van der Waals surface area contributed by atoms with Crippen molar-refractivity contribution in [3.8, 4) is 11.5 Å². The zero-order valence-corrected chi connectivity index (χ0v) is 15.5. The number of hydrogen-bond donors (Lipinski definition) is 0. The van der Waals surface area contributed by atoms with Crippen molar-refractivity contribution in [2.75, 3.05) is 0 Å². The zero-order valence-electron chi connectivity index (χ0n) is 15.5. The van der Waals surface area contributed by atoms with Gasteiger partial charge in [-0.05, 0) is 37.0 Å². The summed E-state index contributed by atoms with van der Waals surface area (Å²) in [6.07, 6.45) is 18.3. The van der Waals surface area contributed by atoms with Crippen LogP contribution in [0.5, 0.6) is 0 Å². The average molecular weight is 328 g/mol. The summed E-state index contributed by atoms with van der Waals surface area (Å²) in [5.74, 6) is 0.751. The van der Waals surface area contributed by atoms with Gasteiger partial charge in [0.05, 0.1) is 6.20 Å². The number of aryl methyl sites for hydroxylation is 1. The van der Waals surface area contributed by atoms with Gasteiger partial charge in [0.1, 0.15) is 6.26 Å². The van der Waals surface area contributed by atoms with E-state index in [1.807, 2.05) is 0 Å². The highest BCUT2D eigenvalue weighted by Crippen LogP contribution is 2.26. The van der Waals surface area contributed by atoms with Crippen molar-refractivity contribution < 1.29 is 4.42 Å². The molecule has 0 N–H and O–H groups in total. The second kappa shape index (κ2) is 11.1. The van der Waals surface area contributed by atoms with Crippen LogP contribution in [0.25, 0.3) is 11.5 Å². The number of oxazole rings is 1. The highest BCUT2D eigenvalue weighted by Gasteiger charge is 2.10. The van der Waals surface area contributed by atoms with Crippen molar-refractivity contribution in [2.45, 2.75) is 84.5 Å². The highest BCUT2D eigenvalue weighted by molar-refractivity contribution is 5.60. The van der Waals surface area contributed by atoms with Crippen molar-refractivity contribution >= 4 is 0 Å². The van der Waals surface area contributed by atoms with E-state index in [1.165, 1.54) is 75.3 Å². The van der Waals surface area contributed by atoms with Gasteiger partial charge in [-0.25, -0.2) is 4.98 Å². The molecule has 2 heteroatoms. The molecule has 1 heterocycles. The number of rotatable bonds is 12. The quantitative estimate of drug-likeness (QED) is 0.388. The fraction of sp³-hybridized carbons (Fsp3) is 0.591. The normalized spacial score (nSPS) is 11.1. The monoisotopic (exact) mass is 327 g/mol. The number of unbranched alkanes of at least 4 members (excludes halogenated alkanes) is 9. The summed E-state index contributed by atoms with van der Waals surface area (Å²) in [6.45, 7) is 4.47. The lowest BCUT2D eigenvalue weighted by Crippen LogP contribution is -1.95.